The first-order valence-corrected chi connectivity index (χ1v) is 9.67. The van der Waals surface area contributed by atoms with Crippen LogP contribution < -0.4 is 5.56 Å². The molecular weight excluding hydrogens is 447 g/mol. The van der Waals surface area contributed by atoms with Gasteiger partial charge in [-0.3, -0.25) is 0 Å². The number of imidazole rings is 1. The number of ether oxygens (including phenoxy) is 1. The third-order valence-corrected chi connectivity index (χ3v) is 4.45. The van der Waals surface area contributed by atoms with Crippen molar-refractivity contribution in [2.45, 2.75) is 44.6 Å². The Morgan fingerprint density at radius 3 is 2.68 bits per heavy atom. The Labute approximate surface area is 189 Å². The summed E-state index contributed by atoms with van der Waals surface area (Å²) in [5, 5.41) is 27.6. The van der Waals surface area contributed by atoms with Crippen LogP contribution in [0.2, 0.25) is 0 Å². The van der Waals surface area contributed by atoms with Gasteiger partial charge in [-0.2, -0.15) is 6.42 Å². The molecule has 0 radical (unpaired) electrons. The number of aliphatic hydroxyl groups excluding tert-OH is 2. The van der Waals surface area contributed by atoms with Gasteiger partial charge in [0, 0.05) is 12.7 Å². The Morgan fingerprint density at radius 2 is 2.06 bits per heavy atom. The van der Waals surface area contributed by atoms with E-state index in [0.29, 0.717) is 5.69 Å². The first-order chi connectivity index (χ1) is 14.6. The number of nitrogens with one attached hydrogen (secondary N) is 1. The molecule has 0 amide bonds. The van der Waals surface area contributed by atoms with Gasteiger partial charge < -0.3 is 41.2 Å². The molecule has 10 nitrogen and oxygen atoms in total. The van der Waals surface area contributed by atoms with Gasteiger partial charge in [0.25, 0.3) is 0 Å². The molecule has 1 aromatic carbocycles. The van der Waals surface area contributed by atoms with Crippen molar-refractivity contribution in [1.82, 2.24) is 19.5 Å². The molecule has 0 bridgehead atoms. The van der Waals surface area contributed by atoms with Crippen LogP contribution in [-0.2, 0) is 21.2 Å². The summed E-state index contributed by atoms with van der Waals surface area (Å²) >= 11 is 0. The fraction of sp³-hybridized carbons (Fsp3) is 0.400. The molecule has 0 unspecified atom stereocenters. The summed E-state index contributed by atoms with van der Waals surface area (Å²) in [5.74, 6) is 0.109. The second kappa shape index (κ2) is 11.8. The number of unbranched alkanes of at least 4 members (excludes halogenated alkanes) is 1. The van der Waals surface area contributed by atoms with Crippen molar-refractivity contribution in [3.05, 3.63) is 53.9 Å². The minimum atomic E-state index is -0.854. The second-order valence-corrected chi connectivity index (χ2v) is 6.64. The van der Waals surface area contributed by atoms with E-state index in [9.17, 15) is 15.0 Å². The van der Waals surface area contributed by atoms with Gasteiger partial charge in [0.05, 0.1) is 29.6 Å². The molecule has 31 heavy (non-hydrogen) atoms. The fourth-order valence-corrected chi connectivity index (χ4v) is 2.83. The second-order valence-electron chi connectivity index (χ2n) is 6.64. The number of rotatable bonds is 5. The molecule has 3 atom stereocenters. The number of fused-ring (bicyclic) bond motifs is 1. The Hall–Kier alpha value is -2.46. The largest absolute Gasteiger partial charge is 2.00 e. The molecule has 4 rings (SSSR count). The SMILES string of the molecule is O=c1[nH][c-]nc2c1nc(N=Nc1ccccc1)n2[C@H]1C[C@@H](O)[C@@H](CO)O1.[CH2-]CCC.[Ni+2]. The molecule has 168 valence electrons. The topological polar surface area (TPSA) is 138 Å². The average molecular weight is 471 g/mol. The number of nitrogens with zero attached hydrogens (tertiary/aromatic N) is 5. The van der Waals surface area contributed by atoms with Gasteiger partial charge in [-0.15, -0.1) is 10.2 Å². The molecule has 3 aromatic rings. The van der Waals surface area contributed by atoms with E-state index in [1.165, 1.54) is 11.0 Å². The van der Waals surface area contributed by atoms with E-state index in [0.717, 1.165) is 6.42 Å². The number of hydrogen-bond acceptors (Lipinski definition) is 8. The van der Waals surface area contributed by atoms with Gasteiger partial charge in [0.15, 0.2) is 5.56 Å². The fourth-order valence-electron chi connectivity index (χ4n) is 2.83. The van der Waals surface area contributed by atoms with E-state index < -0.39 is 24.0 Å². The van der Waals surface area contributed by atoms with Gasteiger partial charge in [0.1, 0.15) is 12.3 Å². The molecule has 0 aliphatic carbocycles. The van der Waals surface area contributed by atoms with Crippen molar-refractivity contribution in [1.29, 1.82) is 0 Å². The molecule has 11 heteroatoms. The van der Waals surface area contributed by atoms with Gasteiger partial charge in [0.2, 0.25) is 5.95 Å². The maximum atomic E-state index is 12.0. The predicted molar refractivity (Wildman–Crippen MR) is 109 cm³/mol. The Kier molecular flexibility index (Phi) is 9.45. The summed E-state index contributed by atoms with van der Waals surface area (Å²) in [7, 11) is 0. The zero-order chi connectivity index (χ0) is 21.5. The number of hydrogen-bond donors (Lipinski definition) is 3. The molecule has 3 N–H and O–H groups in total. The van der Waals surface area contributed by atoms with Crippen LogP contribution >= 0.6 is 0 Å². The summed E-state index contributed by atoms with van der Waals surface area (Å²) in [6, 6.07) is 9.04. The van der Waals surface area contributed by atoms with Crippen molar-refractivity contribution in [2.24, 2.45) is 10.2 Å². The van der Waals surface area contributed by atoms with Crippen LogP contribution in [-0.4, -0.2) is 48.5 Å². The number of aliphatic hydroxyl groups is 2. The van der Waals surface area contributed by atoms with Gasteiger partial charge >= 0.3 is 16.5 Å². The number of H-pyrrole nitrogens is 1. The van der Waals surface area contributed by atoms with Gasteiger partial charge in [-0.05, 0) is 12.1 Å². The summed E-state index contributed by atoms with van der Waals surface area (Å²) in [4.78, 5) is 22.6. The Bertz CT molecular complexity index is 1040. The molecule has 1 aliphatic heterocycles. The standard InChI is InChI=1S/C16H15N6O4.C4H9.Ni/c23-7-11-10(24)6-12(26-11)22-14-13(15(25)18-8-17-14)19-16(22)21-20-9-4-2-1-3-5-9;1-3-4-2;/h1-5,10-12,23-24H,6-7H2,(H,17,18,25);1,3-4H2,2H3;/q2*-1;+2/t10-,11-,12-;;/m1../s1. The maximum absolute atomic E-state index is 12.0. The quantitative estimate of drug-likeness (QED) is 0.297. The van der Waals surface area contributed by atoms with Crippen LogP contribution in [0.4, 0.5) is 11.6 Å². The van der Waals surface area contributed by atoms with Crippen molar-refractivity contribution in [3.63, 3.8) is 0 Å². The molecule has 3 heterocycles. The maximum Gasteiger partial charge on any atom is 2.00 e. The average Bonchev–Trinajstić information content (AvgIpc) is 3.33. The van der Waals surface area contributed by atoms with Crippen LogP contribution in [0, 0.1) is 13.3 Å². The smallest absolute Gasteiger partial charge is 0.419 e. The number of benzene rings is 1. The van der Waals surface area contributed by atoms with Crippen molar-refractivity contribution in [3.8, 4) is 0 Å². The molecule has 0 saturated carbocycles. The van der Waals surface area contributed by atoms with Crippen LogP contribution in [0.25, 0.3) is 11.2 Å². The number of aromatic nitrogens is 4. The van der Waals surface area contributed by atoms with Crippen molar-refractivity contribution >= 4 is 22.8 Å². The van der Waals surface area contributed by atoms with E-state index >= 15 is 0 Å². The summed E-state index contributed by atoms with van der Waals surface area (Å²) < 4.78 is 7.14. The van der Waals surface area contributed by atoms with E-state index in [1.54, 1.807) is 12.1 Å². The van der Waals surface area contributed by atoms with E-state index in [2.05, 4.69) is 45.4 Å². The number of azo groups is 1. The van der Waals surface area contributed by atoms with Crippen LogP contribution in [0.3, 0.4) is 0 Å². The summed E-state index contributed by atoms with van der Waals surface area (Å²) in [5.41, 5.74) is 0.421. The minimum Gasteiger partial charge on any atom is -0.419 e. The molecular formula is C20H24N6NiO4. The van der Waals surface area contributed by atoms with Crippen molar-refractivity contribution in [2.75, 3.05) is 6.61 Å². The first kappa shape index (κ1) is 24.8. The Balaban J connectivity index is 0.000000631. The normalized spacial score (nSPS) is 20.5. The Morgan fingerprint density at radius 1 is 1.35 bits per heavy atom. The van der Waals surface area contributed by atoms with Crippen LogP contribution in [0.15, 0.2) is 45.4 Å². The number of aromatic amines is 1. The van der Waals surface area contributed by atoms with Crippen molar-refractivity contribution < 1.29 is 31.4 Å². The zero-order valence-electron chi connectivity index (χ0n) is 16.9. The molecule has 1 saturated heterocycles. The third-order valence-electron chi connectivity index (χ3n) is 4.45. The minimum absolute atomic E-state index is 0. The molecule has 1 aliphatic rings. The van der Waals surface area contributed by atoms with E-state index in [1.807, 2.05) is 18.2 Å². The van der Waals surface area contributed by atoms with Gasteiger partial charge in [-0.25, -0.2) is 4.98 Å². The summed E-state index contributed by atoms with van der Waals surface area (Å²) in [6.45, 7) is 5.39. The van der Waals surface area contributed by atoms with E-state index in [4.69, 9.17) is 4.74 Å². The molecule has 2 aromatic heterocycles. The predicted octanol–water partition coefficient (Wildman–Crippen LogP) is 2.59. The summed E-state index contributed by atoms with van der Waals surface area (Å²) in [6.07, 6.45) is 2.59. The van der Waals surface area contributed by atoms with Crippen LogP contribution in [0.5, 0.6) is 0 Å². The first-order valence-electron chi connectivity index (χ1n) is 9.67. The zero-order valence-corrected chi connectivity index (χ0v) is 17.9. The molecule has 0 spiro atoms. The van der Waals surface area contributed by atoms with E-state index in [-0.39, 0.29) is 46.6 Å². The molecule has 1 fully saturated rings. The monoisotopic (exact) mass is 470 g/mol. The van der Waals surface area contributed by atoms with Gasteiger partial charge in [-0.1, -0.05) is 31.5 Å². The third kappa shape index (κ3) is 5.83. The van der Waals surface area contributed by atoms with Crippen LogP contribution in [0.1, 0.15) is 32.4 Å².